The van der Waals surface area contributed by atoms with Gasteiger partial charge in [0.1, 0.15) is 17.9 Å². The topological polar surface area (TPSA) is 120 Å². The lowest BCUT2D eigenvalue weighted by atomic mass is 9.93. The third kappa shape index (κ3) is 10.5. The lowest BCUT2D eigenvalue weighted by Gasteiger charge is -2.24. The van der Waals surface area contributed by atoms with Crippen LogP contribution < -0.4 is 19.6 Å². The van der Waals surface area contributed by atoms with Crippen molar-refractivity contribution in [3.05, 3.63) is 121 Å². The fourth-order valence-corrected chi connectivity index (χ4v) is 10.8. The second-order valence-corrected chi connectivity index (χ2v) is 19.3. The van der Waals surface area contributed by atoms with Crippen molar-refractivity contribution in [1.29, 1.82) is 0 Å². The summed E-state index contributed by atoms with van der Waals surface area (Å²) in [5.41, 5.74) is 3.02. The Hall–Kier alpha value is -4.11. The molecule has 1 atom stereocenters. The zero-order valence-electron chi connectivity index (χ0n) is 33.4. The van der Waals surface area contributed by atoms with Gasteiger partial charge in [0.15, 0.2) is 5.88 Å². The van der Waals surface area contributed by atoms with Crippen molar-refractivity contribution in [2.24, 2.45) is 5.92 Å². The third-order valence-electron chi connectivity index (χ3n) is 10.4. The fraction of sp³-hybridized carbons (Fsp3) is 0.311. The van der Waals surface area contributed by atoms with Gasteiger partial charge < -0.3 is 9.32 Å². The normalized spacial score (nSPS) is 13.2. The van der Waals surface area contributed by atoms with Crippen LogP contribution in [0.2, 0.25) is 0 Å². The first kappa shape index (κ1) is 43.5. The Balaban J connectivity index is 1.55. The van der Waals surface area contributed by atoms with Crippen LogP contribution in [0.1, 0.15) is 53.4 Å². The summed E-state index contributed by atoms with van der Waals surface area (Å²) in [5, 5.41) is 1.60. The maximum atomic E-state index is 14.4. The van der Waals surface area contributed by atoms with E-state index in [9.17, 15) is 21.4 Å². The number of unbranched alkanes of at least 4 members (excludes halogenated alkanes) is 1. The summed E-state index contributed by atoms with van der Waals surface area (Å²) in [5.74, 6) is 2.05. The van der Waals surface area contributed by atoms with Crippen LogP contribution in [0.3, 0.4) is 0 Å². The molecule has 2 aliphatic rings. The molecule has 4 aromatic carbocycles. The molecular weight excluding hydrogens is 807 g/mol. The van der Waals surface area contributed by atoms with Gasteiger partial charge in [0.2, 0.25) is 15.4 Å². The van der Waals surface area contributed by atoms with E-state index in [2.05, 4.69) is 59.2 Å². The molecule has 0 spiro atoms. The SMILES string of the molecule is CCCCC(CC)CNS(=O)(=O)c1cc(S(=O)(=O)O)ccc1-c1c2cc/c(=[N+](\CC)CSc3ccccc3)cc-2oc2cc(N(CC)CSc3ccccc3)ccc12. The number of thioether (sulfide) groups is 2. The Morgan fingerprint density at radius 1 is 0.793 bits per heavy atom. The van der Waals surface area contributed by atoms with E-state index in [0.29, 0.717) is 45.2 Å². The highest BCUT2D eigenvalue weighted by Crippen LogP contribution is 2.44. The van der Waals surface area contributed by atoms with Crippen LogP contribution in [-0.4, -0.2) is 52.8 Å². The van der Waals surface area contributed by atoms with Crippen molar-refractivity contribution in [1.82, 2.24) is 9.30 Å². The number of nitrogens with one attached hydrogen (secondary N) is 1. The number of nitrogens with zero attached hydrogens (tertiary/aromatic N) is 2. The van der Waals surface area contributed by atoms with Gasteiger partial charge in [-0.25, -0.2) is 17.7 Å². The Morgan fingerprint density at radius 3 is 2.12 bits per heavy atom. The predicted octanol–water partition coefficient (Wildman–Crippen LogP) is 10.1. The van der Waals surface area contributed by atoms with Crippen LogP contribution in [0, 0.1) is 5.92 Å². The van der Waals surface area contributed by atoms with Crippen molar-refractivity contribution in [2.45, 2.75) is 73.0 Å². The monoisotopic (exact) mass is 858 g/mol. The number of hydrogen-bond acceptors (Lipinski definition) is 8. The standard InChI is InChI=1S/C45H51N3O6S4/c1-5-9-16-33(6-2)30-46-57(49,50)44-29-38(58(51,52)53)23-26-41(44)45-39-24-21-34(47(7-3)31-55-36-17-12-10-13-18-36)27-42(39)54-43-28-35(22-25-40(43)45)48(8-4)32-56-37-19-14-11-15-20-37/h10-15,17-29,33,46H,5-9,16,30-32H2,1-4H3/p+1. The number of anilines is 1. The van der Waals surface area contributed by atoms with E-state index in [-0.39, 0.29) is 17.4 Å². The van der Waals surface area contributed by atoms with E-state index in [1.807, 2.05) is 79.7 Å². The van der Waals surface area contributed by atoms with Crippen LogP contribution in [0.15, 0.2) is 139 Å². The zero-order chi connectivity index (χ0) is 41.3. The fourth-order valence-electron chi connectivity index (χ4n) is 6.93. The zero-order valence-corrected chi connectivity index (χ0v) is 36.7. The molecule has 1 unspecified atom stereocenters. The molecular formula is C45H52N3O6S4+. The number of rotatable bonds is 19. The average Bonchev–Trinajstić information content (AvgIpc) is 3.23. The largest absolute Gasteiger partial charge is 0.456 e. The summed E-state index contributed by atoms with van der Waals surface area (Å²) < 4.78 is 75.6. The van der Waals surface area contributed by atoms with Crippen LogP contribution in [0.4, 0.5) is 5.69 Å². The molecule has 0 amide bonds. The first-order chi connectivity index (χ1) is 27.9. The van der Waals surface area contributed by atoms with Gasteiger partial charge in [-0.2, -0.15) is 8.42 Å². The van der Waals surface area contributed by atoms with E-state index < -0.39 is 25.0 Å². The lowest BCUT2D eigenvalue weighted by Crippen LogP contribution is -2.30. The third-order valence-corrected chi connectivity index (χ3v) is 14.8. The molecule has 0 aromatic heterocycles. The van der Waals surface area contributed by atoms with Gasteiger partial charge >= 0.3 is 0 Å². The minimum Gasteiger partial charge on any atom is -0.456 e. The number of hydrogen-bond donors (Lipinski definition) is 2. The molecule has 1 aliphatic heterocycles. The van der Waals surface area contributed by atoms with E-state index >= 15 is 0 Å². The van der Waals surface area contributed by atoms with Crippen molar-refractivity contribution in [2.75, 3.05) is 36.3 Å². The van der Waals surface area contributed by atoms with E-state index in [1.165, 1.54) is 12.1 Å². The maximum Gasteiger partial charge on any atom is 0.294 e. The summed E-state index contributed by atoms with van der Waals surface area (Å²) in [4.78, 5) is 3.82. The molecule has 0 radical (unpaired) electrons. The smallest absolute Gasteiger partial charge is 0.294 e. The van der Waals surface area contributed by atoms with Crippen LogP contribution in [0.5, 0.6) is 0 Å². The Labute approximate surface area is 351 Å². The molecule has 0 bridgehead atoms. The van der Waals surface area contributed by atoms with Crippen LogP contribution in [0.25, 0.3) is 33.4 Å². The van der Waals surface area contributed by atoms with Gasteiger partial charge in [-0.1, -0.05) is 87.3 Å². The highest BCUT2D eigenvalue weighted by molar-refractivity contribution is 7.99. The minimum atomic E-state index is -4.73. The van der Waals surface area contributed by atoms with Crippen molar-refractivity contribution < 1.29 is 25.8 Å². The molecule has 1 heterocycles. The minimum absolute atomic E-state index is 0.111. The molecule has 6 rings (SSSR count). The van der Waals surface area contributed by atoms with Crippen molar-refractivity contribution in [3.63, 3.8) is 0 Å². The Bertz CT molecular complexity index is 2580. The van der Waals surface area contributed by atoms with Gasteiger partial charge in [-0.05, 0) is 80.8 Å². The average molecular weight is 859 g/mol. The molecule has 13 heteroatoms. The van der Waals surface area contributed by atoms with Gasteiger partial charge in [0.05, 0.1) is 21.7 Å². The second kappa shape index (κ2) is 19.8. The number of benzene rings is 5. The van der Waals surface area contributed by atoms with Crippen molar-refractivity contribution >= 4 is 60.3 Å². The van der Waals surface area contributed by atoms with Crippen LogP contribution >= 0.6 is 23.5 Å². The van der Waals surface area contributed by atoms with E-state index in [1.54, 1.807) is 23.5 Å². The van der Waals surface area contributed by atoms with Gasteiger partial charge in [0.25, 0.3) is 10.1 Å². The molecule has 0 saturated heterocycles. The molecule has 0 fully saturated rings. The molecule has 4 aromatic rings. The molecule has 2 N–H and O–H groups in total. The highest BCUT2D eigenvalue weighted by atomic mass is 32.2. The summed E-state index contributed by atoms with van der Waals surface area (Å²) in [6, 6.07) is 36.1. The molecule has 306 valence electrons. The second-order valence-electron chi connectivity index (χ2n) is 14.1. The molecule has 1 aliphatic carbocycles. The van der Waals surface area contributed by atoms with Gasteiger partial charge in [-0.15, -0.1) is 11.8 Å². The molecule has 9 nitrogen and oxygen atoms in total. The van der Waals surface area contributed by atoms with E-state index in [4.69, 9.17) is 4.42 Å². The van der Waals surface area contributed by atoms with E-state index in [0.717, 1.165) is 65.7 Å². The summed E-state index contributed by atoms with van der Waals surface area (Å²) >= 11 is 3.46. The summed E-state index contributed by atoms with van der Waals surface area (Å²) in [6.45, 7) is 10.0. The first-order valence-corrected chi connectivity index (χ1v) is 24.7. The molecule has 0 saturated carbocycles. The van der Waals surface area contributed by atoms with Crippen molar-refractivity contribution in [3.8, 4) is 22.5 Å². The first-order valence-electron chi connectivity index (χ1n) is 19.8. The maximum absolute atomic E-state index is 14.4. The van der Waals surface area contributed by atoms with Crippen LogP contribution in [-0.2, 0) is 20.1 Å². The Morgan fingerprint density at radius 2 is 1.48 bits per heavy atom. The Kier molecular flexibility index (Phi) is 14.8. The molecule has 58 heavy (non-hydrogen) atoms. The summed E-state index contributed by atoms with van der Waals surface area (Å²) in [7, 11) is -9.02. The quantitative estimate of drug-likeness (QED) is 0.0270. The number of fused-ring (bicyclic) bond motifs is 2. The van der Waals surface area contributed by atoms with Gasteiger partial charge in [-0.3, -0.25) is 4.55 Å². The predicted molar refractivity (Wildman–Crippen MR) is 240 cm³/mol. The highest BCUT2D eigenvalue weighted by Gasteiger charge is 2.28. The van der Waals surface area contributed by atoms with Gasteiger partial charge in [0, 0.05) is 62.8 Å². The summed E-state index contributed by atoms with van der Waals surface area (Å²) in [6.07, 6.45) is 3.62. The number of sulfonamides is 1. The lowest BCUT2D eigenvalue weighted by molar-refractivity contribution is 0.443.